The Bertz CT molecular complexity index is 1010. The van der Waals surface area contributed by atoms with Crippen LogP contribution in [-0.2, 0) is 17.8 Å². The highest BCUT2D eigenvalue weighted by Gasteiger charge is 2.08. The fraction of sp³-hybridized carbons (Fsp3) is 0.217. The van der Waals surface area contributed by atoms with Crippen molar-refractivity contribution in [3.63, 3.8) is 0 Å². The number of aromatic nitrogens is 1. The number of hydrogen-bond acceptors (Lipinski definition) is 3. The molecule has 3 rings (SSSR count). The molecule has 0 aliphatic heterocycles. The van der Waals surface area contributed by atoms with Gasteiger partial charge in [-0.05, 0) is 61.4 Å². The number of carbonyl (C=O) groups is 2. The monoisotopic (exact) mass is 391 g/mol. The first-order chi connectivity index (χ1) is 14.0. The Morgan fingerprint density at radius 3 is 2.52 bits per heavy atom. The second-order valence-electron chi connectivity index (χ2n) is 6.93. The predicted octanol–water partition coefficient (Wildman–Crippen LogP) is 4.26. The minimum atomic E-state index is -0.411. The third-order valence-corrected chi connectivity index (χ3v) is 4.76. The van der Waals surface area contributed by atoms with E-state index in [9.17, 15) is 9.59 Å². The van der Waals surface area contributed by atoms with E-state index < -0.39 is 5.97 Å². The summed E-state index contributed by atoms with van der Waals surface area (Å²) >= 11 is 0. The zero-order valence-electron chi connectivity index (χ0n) is 16.9. The second-order valence-corrected chi connectivity index (χ2v) is 6.93. The summed E-state index contributed by atoms with van der Waals surface area (Å²) in [7, 11) is 1.33. The standard InChI is InChI=1S/C23H25N3O3/c1-16-6-7-17(2)19(13-16)15-26-12-4-5-21(26)14-24-23(28)25-20-10-8-18(9-11-20)22(27)29-3/h4-13H,14-15H2,1-3H3,(H2,24,25,28). The summed E-state index contributed by atoms with van der Waals surface area (Å²) in [5.41, 5.74) is 5.79. The van der Waals surface area contributed by atoms with E-state index in [1.807, 2.05) is 18.3 Å². The van der Waals surface area contributed by atoms with E-state index in [0.29, 0.717) is 17.8 Å². The summed E-state index contributed by atoms with van der Waals surface area (Å²) in [5.74, 6) is -0.411. The Morgan fingerprint density at radius 2 is 1.79 bits per heavy atom. The van der Waals surface area contributed by atoms with E-state index in [1.165, 1.54) is 23.8 Å². The number of carbonyl (C=O) groups excluding carboxylic acids is 2. The van der Waals surface area contributed by atoms with E-state index in [1.54, 1.807) is 24.3 Å². The minimum Gasteiger partial charge on any atom is -0.465 e. The van der Waals surface area contributed by atoms with Crippen LogP contribution in [0.5, 0.6) is 0 Å². The van der Waals surface area contributed by atoms with Crippen molar-refractivity contribution in [3.8, 4) is 0 Å². The van der Waals surface area contributed by atoms with Crippen LogP contribution >= 0.6 is 0 Å². The molecule has 1 heterocycles. The van der Waals surface area contributed by atoms with E-state index in [4.69, 9.17) is 0 Å². The molecule has 3 aromatic rings. The number of nitrogens with zero attached hydrogens (tertiary/aromatic N) is 1. The van der Waals surface area contributed by atoms with Gasteiger partial charge in [0.25, 0.3) is 0 Å². The highest BCUT2D eigenvalue weighted by atomic mass is 16.5. The molecule has 0 bridgehead atoms. The molecule has 150 valence electrons. The Labute approximate surface area is 170 Å². The molecule has 6 heteroatoms. The summed E-state index contributed by atoms with van der Waals surface area (Å²) in [5, 5.41) is 5.63. The van der Waals surface area contributed by atoms with E-state index in [0.717, 1.165) is 12.2 Å². The van der Waals surface area contributed by atoms with Crippen molar-refractivity contribution in [3.05, 3.63) is 88.7 Å². The summed E-state index contributed by atoms with van der Waals surface area (Å²) in [6.07, 6.45) is 2.02. The van der Waals surface area contributed by atoms with Crippen molar-refractivity contribution in [2.24, 2.45) is 0 Å². The smallest absolute Gasteiger partial charge is 0.337 e. The van der Waals surface area contributed by atoms with Crippen LogP contribution in [0.4, 0.5) is 10.5 Å². The first-order valence-electron chi connectivity index (χ1n) is 9.39. The van der Waals surface area contributed by atoms with Crippen LogP contribution in [0, 0.1) is 13.8 Å². The maximum absolute atomic E-state index is 12.2. The van der Waals surface area contributed by atoms with Crippen LogP contribution in [-0.4, -0.2) is 23.7 Å². The molecule has 0 unspecified atom stereocenters. The Kier molecular flexibility index (Phi) is 6.34. The molecule has 6 nitrogen and oxygen atoms in total. The average Bonchev–Trinajstić information content (AvgIpc) is 3.16. The Morgan fingerprint density at radius 1 is 1.03 bits per heavy atom. The summed E-state index contributed by atoms with van der Waals surface area (Å²) in [4.78, 5) is 23.7. The highest BCUT2D eigenvalue weighted by Crippen LogP contribution is 2.15. The summed E-state index contributed by atoms with van der Waals surface area (Å²) in [6, 6.07) is 16.6. The quantitative estimate of drug-likeness (QED) is 0.617. The number of urea groups is 1. The molecule has 0 aliphatic carbocycles. The van der Waals surface area contributed by atoms with Gasteiger partial charge in [-0.2, -0.15) is 0 Å². The maximum Gasteiger partial charge on any atom is 0.337 e. The van der Waals surface area contributed by atoms with Gasteiger partial charge in [-0.15, -0.1) is 0 Å². The largest absolute Gasteiger partial charge is 0.465 e. The molecule has 0 saturated heterocycles. The molecule has 1 aromatic heterocycles. The van der Waals surface area contributed by atoms with Crippen molar-refractivity contribution >= 4 is 17.7 Å². The number of methoxy groups -OCH3 is 1. The minimum absolute atomic E-state index is 0.310. The number of anilines is 1. The lowest BCUT2D eigenvalue weighted by Gasteiger charge is -2.13. The van der Waals surface area contributed by atoms with E-state index >= 15 is 0 Å². The molecule has 0 radical (unpaired) electrons. The number of benzene rings is 2. The number of hydrogen-bond donors (Lipinski definition) is 2. The molecule has 2 N–H and O–H groups in total. The number of esters is 1. The van der Waals surface area contributed by atoms with E-state index in [2.05, 4.69) is 52.0 Å². The van der Waals surface area contributed by atoms with Gasteiger partial charge in [0.15, 0.2) is 0 Å². The van der Waals surface area contributed by atoms with Crippen LogP contribution in [0.2, 0.25) is 0 Å². The van der Waals surface area contributed by atoms with Gasteiger partial charge in [0.1, 0.15) is 0 Å². The lowest BCUT2D eigenvalue weighted by atomic mass is 10.1. The molecule has 0 aliphatic rings. The maximum atomic E-state index is 12.2. The number of amides is 2. The molecule has 29 heavy (non-hydrogen) atoms. The van der Waals surface area contributed by atoms with Gasteiger partial charge in [-0.1, -0.05) is 23.8 Å². The topological polar surface area (TPSA) is 72.4 Å². The SMILES string of the molecule is COC(=O)c1ccc(NC(=O)NCc2cccn2Cc2cc(C)ccc2C)cc1. The van der Waals surface area contributed by atoms with Gasteiger partial charge in [0, 0.05) is 24.1 Å². The molecular weight excluding hydrogens is 366 g/mol. The zero-order valence-corrected chi connectivity index (χ0v) is 16.9. The molecule has 0 atom stereocenters. The third-order valence-electron chi connectivity index (χ3n) is 4.76. The summed E-state index contributed by atoms with van der Waals surface area (Å²) < 4.78 is 6.80. The molecule has 0 fully saturated rings. The van der Waals surface area contributed by atoms with Gasteiger partial charge >= 0.3 is 12.0 Å². The molecule has 2 aromatic carbocycles. The van der Waals surface area contributed by atoms with Crippen molar-refractivity contribution in [1.82, 2.24) is 9.88 Å². The molecular formula is C23H25N3O3. The van der Waals surface area contributed by atoms with Gasteiger partial charge in [0.2, 0.25) is 0 Å². The van der Waals surface area contributed by atoms with Crippen LogP contribution < -0.4 is 10.6 Å². The van der Waals surface area contributed by atoms with Gasteiger partial charge < -0.3 is 19.9 Å². The van der Waals surface area contributed by atoms with E-state index in [-0.39, 0.29) is 6.03 Å². The molecule has 0 saturated carbocycles. The van der Waals surface area contributed by atoms with Crippen LogP contribution in [0.15, 0.2) is 60.8 Å². The lowest BCUT2D eigenvalue weighted by Crippen LogP contribution is -2.29. The highest BCUT2D eigenvalue weighted by molar-refractivity contribution is 5.92. The molecule has 0 spiro atoms. The van der Waals surface area contributed by atoms with Crippen molar-refractivity contribution < 1.29 is 14.3 Å². The second kappa shape index (κ2) is 9.10. The zero-order chi connectivity index (χ0) is 20.8. The number of aryl methyl sites for hydroxylation is 2. The predicted molar refractivity (Wildman–Crippen MR) is 113 cm³/mol. The van der Waals surface area contributed by atoms with Gasteiger partial charge in [-0.25, -0.2) is 9.59 Å². The first-order valence-corrected chi connectivity index (χ1v) is 9.39. The van der Waals surface area contributed by atoms with Gasteiger partial charge in [-0.3, -0.25) is 0 Å². The first kappa shape index (κ1) is 20.2. The van der Waals surface area contributed by atoms with Crippen LogP contribution in [0.25, 0.3) is 0 Å². The fourth-order valence-electron chi connectivity index (χ4n) is 3.07. The molecule has 2 amide bonds. The lowest BCUT2D eigenvalue weighted by molar-refractivity contribution is 0.0600. The Balaban J connectivity index is 1.58. The van der Waals surface area contributed by atoms with Crippen LogP contribution in [0.1, 0.15) is 32.7 Å². The summed E-state index contributed by atoms with van der Waals surface area (Å²) in [6.45, 7) is 5.36. The normalized spacial score (nSPS) is 10.4. The van der Waals surface area contributed by atoms with Crippen molar-refractivity contribution in [2.75, 3.05) is 12.4 Å². The Hall–Kier alpha value is -3.54. The number of ether oxygens (including phenoxy) is 1. The number of nitrogens with one attached hydrogen (secondary N) is 2. The average molecular weight is 391 g/mol. The van der Waals surface area contributed by atoms with Crippen molar-refractivity contribution in [2.45, 2.75) is 26.9 Å². The van der Waals surface area contributed by atoms with Gasteiger partial charge in [0.05, 0.1) is 19.2 Å². The van der Waals surface area contributed by atoms with Crippen LogP contribution in [0.3, 0.4) is 0 Å². The third kappa shape index (κ3) is 5.25. The number of rotatable bonds is 6. The fourth-order valence-corrected chi connectivity index (χ4v) is 3.07. The van der Waals surface area contributed by atoms with Crippen molar-refractivity contribution in [1.29, 1.82) is 0 Å².